The summed E-state index contributed by atoms with van der Waals surface area (Å²) < 4.78 is 5.54. The van der Waals surface area contributed by atoms with Crippen molar-refractivity contribution in [1.29, 1.82) is 0 Å². The fourth-order valence-electron chi connectivity index (χ4n) is 3.38. The smallest absolute Gasteiger partial charge is 0.246 e. The Labute approximate surface area is 124 Å². The van der Waals surface area contributed by atoms with Gasteiger partial charge in [0.1, 0.15) is 23.9 Å². The van der Waals surface area contributed by atoms with E-state index in [0.717, 1.165) is 19.3 Å². The molecule has 0 spiro atoms. The third kappa shape index (κ3) is 2.22. The van der Waals surface area contributed by atoms with Crippen LogP contribution in [-0.2, 0) is 9.59 Å². The standard InChI is InChI=1S/C15H21N3O3/c1-9-8-16-13(21-9)10(2)18-11(3)14(19)17-7-5-4-6-12(17)15(18)20/h8,10-12H,4-7H2,1-3H3. The predicted molar refractivity (Wildman–Crippen MR) is 75.3 cm³/mol. The average molecular weight is 291 g/mol. The molecule has 21 heavy (non-hydrogen) atoms. The molecule has 3 heterocycles. The van der Waals surface area contributed by atoms with Crippen LogP contribution in [0.1, 0.15) is 50.8 Å². The van der Waals surface area contributed by atoms with Crippen molar-refractivity contribution in [3.8, 4) is 0 Å². The Kier molecular flexibility index (Phi) is 3.47. The summed E-state index contributed by atoms with van der Waals surface area (Å²) in [5.74, 6) is 1.25. The number of hydrogen-bond acceptors (Lipinski definition) is 4. The van der Waals surface area contributed by atoms with Crippen molar-refractivity contribution in [2.45, 2.75) is 58.2 Å². The SMILES string of the molecule is Cc1cnc(C(C)N2C(=O)C3CCCCN3C(=O)C2C)o1. The zero-order valence-corrected chi connectivity index (χ0v) is 12.7. The van der Waals surface area contributed by atoms with Crippen molar-refractivity contribution in [1.82, 2.24) is 14.8 Å². The van der Waals surface area contributed by atoms with Crippen LogP contribution in [0.3, 0.4) is 0 Å². The second-order valence-electron chi connectivity index (χ2n) is 5.95. The third-order valence-electron chi connectivity index (χ3n) is 4.51. The second-order valence-corrected chi connectivity index (χ2v) is 5.95. The molecule has 2 aliphatic heterocycles. The zero-order valence-electron chi connectivity index (χ0n) is 12.7. The third-order valence-corrected chi connectivity index (χ3v) is 4.51. The van der Waals surface area contributed by atoms with Crippen molar-refractivity contribution in [3.05, 3.63) is 17.8 Å². The van der Waals surface area contributed by atoms with E-state index in [2.05, 4.69) is 4.98 Å². The van der Waals surface area contributed by atoms with Gasteiger partial charge in [-0.2, -0.15) is 0 Å². The number of rotatable bonds is 2. The number of carbonyl (C=O) groups excluding carboxylic acids is 2. The minimum atomic E-state index is -0.464. The Morgan fingerprint density at radius 1 is 1.33 bits per heavy atom. The lowest BCUT2D eigenvalue weighted by Gasteiger charge is -2.47. The van der Waals surface area contributed by atoms with E-state index in [-0.39, 0.29) is 23.9 Å². The number of nitrogens with zero attached hydrogens (tertiary/aromatic N) is 3. The maximum absolute atomic E-state index is 12.8. The molecule has 0 aliphatic carbocycles. The summed E-state index contributed by atoms with van der Waals surface area (Å²) in [5, 5.41) is 0. The van der Waals surface area contributed by atoms with Crippen LogP contribution in [0.2, 0.25) is 0 Å². The second kappa shape index (κ2) is 5.16. The van der Waals surface area contributed by atoms with Gasteiger partial charge in [-0.1, -0.05) is 0 Å². The number of aryl methyl sites for hydroxylation is 1. The number of piperidine rings is 1. The fourth-order valence-corrected chi connectivity index (χ4v) is 3.38. The molecular formula is C15H21N3O3. The summed E-state index contributed by atoms with van der Waals surface area (Å²) in [6.07, 6.45) is 4.37. The van der Waals surface area contributed by atoms with Crippen LogP contribution >= 0.6 is 0 Å². The minimum absolute atomic E-state index is 0.0187. The maximum atomic E-state index is 12.8. The van der Waals surface area contributed by atoms with Gasteiger partial charge < -0.3 is 14.2 Å². The number of piperazine rings is 1. The molecule has 6 nitrogen and oxygen atoms in total. The van der Waals surface area contributed by atoms with E-state index in [4.69, 9.17) is 4.42 Å². The largest absolute Gasteiger partial charge is 0.444 e. The Bertz CT molecular complexity index is 568. The zero-order chi connectivity index (χ0) is 15.1. The van der Waals surface area contributed by atoms with Gasteiger partial charge in [0.2, 0.25) is 17.7 Å². The van der Waals surface area contributed by atoms with E-state index in [9.17, 15) is 9.59 Å². The van der Waals surface area contributed by atoms with Crippen LogP contribution in [0.4, 0.5) is 0 Å². The van der Waals surface area contributed by atoms with Crippen molar-refractivity contribution in [2.24, 2.45) is 0 Å². The first-order valence-corrected chi connectivity index (χ1v) is 7.55. The average Bonchev–Trinajstić information content (AvgIpc) is 2.91. The molecule has 0 bridgehead atoms. The van der Waals surface area contributed by atoms with Crippen LogP contribution < -0.4 is 0 Å². The lowest BCUT2D eigenvalue weighted by atomic mass is 9.94. The van der Waals surface area contributed by atoms with Crippen LogP contribution in [0.15, 0.2) is 10.6 Å². The molecule has 6 heteroatoms. The Morgan fingerprint density at radius 3 is 2.76 bits per heavy atom. The molecule has 1 aromatic rings. The number of amides is 2. The van der Waals surface area contributed by atoms with Crippen molar-refractivity contribution < 1.29 is 14.0 Å². The van der Waals surface area contributed by atoms with E-state index in [1.54, 1.807) is 22.9 Å². The number of hydrogen-bond donors (Lipinski definition) is 0. The molecule has 114 valence electrons. The van der Waals surface area contributed by atoms with Crippen LogP contribution in [-0.4, -0.2) is 45.2 Å². The molecule has 3 unspecified atom stereocenters. The summed E-state index contributed by atoms with van der Waals surface area (Å²) in [5.41, 5.74) is 0. The van der Waals surface area contributed by atoms with E-state index < -0.39 is 6.04 Å². The maximum Gasteiger partial charge on any atom is 0.246 e. The van der Waals surface area contributed by atoms with E-state index in [1.165, 1.54) is 0 Å². The molecule has 1 aromatic heterocycles. The summed E-state index contributed by atoms with van der Waals surface area (Å²) in [6.45, 7) is 6.17. The first kappa shape index (κ1) is 14.1. The van der Waals surface area contributed by atoms with Gasteiger partial charge in [0.25, 0.3) is 0 Å². The molecule has 2 fully saturated rings. The Hall–Kier alpha value is -1.85. The highest BCUT2D eigenvalue weighted by Gasteiger charge is 2.47. The molecule has 0 saturated carbocycles. The Morgan fingerprint density at radius 2 is 2.10 bits per heavy atom. The fraction of sp³-hybridized carbons (Fsp3) is 0.667. The minimum Gasteiger partial charge on any atom is -0.444 e. The number of carbonyl (C=O) groups is 2. The van der Waals surface area contributed by atoms with Gasteiger partial charge in [-0.3, -0.25) is 9.59 Å². The van der Waals surface area contributed by atoms with Crippen molar-refractivity contribution >= 4 is 11.8 Å². The topological polar surface area (TPSA) is 66.7 Å². The number of oxazole rings is 1. The van der Waals surface area contributed by atoms with Crippen LogP contribution in [0, 0.1) is 6.92 Å². The highest BCUT2D eigenvalue weighted by molar-refractivity contribution is 5.97. The van der Waals surface area contributed by atoms with Gasteiger partial charge in [-0.05, 0) is 40.0 Å². The molecule has 2 saturated heterocycles. The molecule has 2 aliphatic rings. The van der Waals surface area contributed by atoms with Gasteiger partial charge in [0, 0.05) is 6.54 Å². The van der Waals surface area contributed by atoms with E-state index in [0.29, 0.717) is 18.2 Å². The lowest BCUT2D eigenvalue weighted by molar-refractivity contribution is -0.166. The molecule has 0 aromatic carbocycles. The summed E-state index contributed by atoms with van der Waals surface area (Å²) >= 11 is 0. The molecule has 3 atom stereocenters. The van der Waals surface area contributed by atoms with Crippen LogP contribution in [0.25, 0.3) is 0 Å². The van der Waals surface area contributed by atoms with Crippen LogP contribution in [0.5, 0.6) is 0 Å². The van der Waals surface area contributed by atoms with Crippen molar-refractivity contribution in [2.75, 3.05) is 6.54 Å². The highest BCUT2D eigenvalue weighted by Crippen LogP contribution is 2.32. The normalized spacial score (nSPS) is 27.8. The summed E-state index contributed by atoms with van der Waals surface area (Å²) in [7, 11) is 0. The first-order chi connectivity index (χ1) is 10.0. The van der Waals surface area contributed by atoms with E-state index in [1.807, 2.05) is 13.8 Å². The summed E-state index contributed by atoms with van der Waals surface area (Å²) in [4.78, 5) is 32.9. The predicted octanol–water partition coefficient (Wildman–Crippen LogP) is 1.66. The van der Waals surface area contributed by atoms with Crippen molar-refractivity contribution in [3.63, 3.8) is 0 Å². The number of fused-ring (bicyclic) bond motifs is 1. The first-order valence-electron chi connectivity index (χ1n) is 7.55. The highest BCUT2D eigenvalue weighted by atomic mass is 16.4. The lowest BCUT2D eigenvalue weighted by Crippen LogP contribution is -2.65. The van der Waals surface area contributed by atoms with Gasteiger partial charge >= 0.3 is 0 Å². The molecular weight excluding hydrogens is 270 g/mol. The van der Waals surface area contributed by atoms with Gasteiger partial charge in [-0.25, -0.2) is 4.98 Å². The van der Waals surface area contributed by atoms with E-state index >= 15 is 0 Å². The van der Waals surface area contributed by atoms with Gasteiger partial charge in [0.15, 0.2) is 0 Å². The van der Waals surface area contributed by atoms with Gasteiger partial charge in [0.05, 0.1) is 6.20 Å². The monoisotopic (exact) mass is 291 g/mol. The molecule has 0 N–H and O–H groups in total. The quantitative estimate of drug-likeness (QED) is 0.831. The summed E-state index contributed by atoms with van der Waals surface area (Å²) in [6, 6.07) is -1.09. The molecule has 3 rings (SSSR count). The van der Waals surface area contributed by atoms with Gasteiger partial charge in [-0.15, -0.1) is 0 Å². The molecule has 0 radical (unpaired) electrons. The Balaban J connectivity index is 1.90. The molecule has 2 amide bonds. The number of aromatic nitrogens is 1.